The first-order chi connectivity index (χ1) is 6.25. The molecule has 0 atom stereocenters. The van der Waals surface area contributed by atoms with Crippen LogP contribution >= 0.6 is 0 Å². The second kappa shape index (κ2) is 4.77. The first kappa shape index (κ1) is 9.92. The molecule has 4 nitrogen and oxygen atoms in total. The number of aliphatic hydroxyl groups excluding tert-OH is 1. The Labute approximate surface area is 78.2 Å². The largest absolute Gasteiger partial charge is 0.395 e. The highest BCUT2D eigenvalue weighted by molar-refractivity contribution is 5.35. The van der Waals surface area contributed by atoms with Gasteiger partial charge in [-0.3, -0.25) is 4.98 Å². The van der Waals surface area contributed by atoms with Crippen LogP contribution in [0.2, 0.25) is 0 Å². The summed E-state index contributed by atoms with van der Waals surface area (Å²) in [5.74, 6) is 0.812. The summed E-state index contributed by atoms with van der Waals surface area (Å²) in [5.41, 5.74) is 0. The molecule has 1 rings (SSSR count). The fourth-order valence-electron chi connectivity index (χ4n) is 1.18. The Morgan fingerprint density at radius 3 is 2.69 bits per heavy atom. The lowest BCUT2D eigenvalue weighted by Gasteiger charge is -2.26. The average Bonchev–Trinajstić information content (AvgIpc) is 2.15. The summed E-state index contributed by atoms with van der Waals surface area (Å²) in [6.07, 6.45) is 5.00. The van der Waals surface area contributed by atoms with Gasteiger partial charge in [0, 0.05) is 25.0 Å². The first-order valence-electron chi connectivity index (χ1n) is 4.39. The smallest absolute Gasteiger partial charge is 0.147 e. The molecule has 0 saturated heterocycles. The minimum absolute atomic E-state index is 0.134. The fourth-order valence-corrected chi connectivity index (χ4v) is 1.18. The summed E-state index contributed by atoms with van der Waals surface area (Å²) in [4.78, 5) is 10.2. The van der Waals surface area contributed by atoms with Crippen molar-refractivity contribution in [1.29, 1.82) is 0 Å². The maximum absolute atomic E-state index is 8.86. The topological polar surface area (TPSA) is 49.2 Å². The predicted molar refractivity (Wildman–Crippen MR) is 51.6 cm³/mol. The van der Waals surface area contributed by atoms with Gasteiger partial charge in [-0.25, -0.2) is 4.98 Å². The van der Waals surface area contributed by atoms with Crippen molar-refractivity contribution in [3.8, 4) is 0 Å². The average molecular weight is 181 g/mol. The molecule has 72 valence electrons. The second-order valence-electron chi connectivity index (χ2n) is 3.07. The van der Waals surface area contributed by atoms with E-state index in [1.807, 2.05) is 4.90 Å². The van der Waals surface area contributed by atoms with Gasteiger partial charge in [0.25, 0.3) is 0 Å². The second-order valence-corrected chi connectivity index (χ2v) is 3.07. The molecule has 0 aliphatic heterocycles. The molecule has 4 heteroatoms. The lowest BCUT2D eigenvalue weighted by atomic mass is 10.3. The zero-order chi connectivity index (χ0) is 9.68. The van der Waals surface area contributed by atoms with Crippen molar-refractivity contribution in [2.45, 2.75) is 19.9 Å². The summed E-state index contributed by atoms with van der Waals surface area (Å²) < 4.78 is 0. The van der Waals surface area contributed by atoms with E-state index in [0.717, 1.165) is 5.82 Å². The SMILES string of the molecule is CC(C)N(CCO)c1cnccn1. The van der Waals surface area contributed by atoms with E-state index in [9.17, 15) is 0 Å². The van der Waals surface area contributed by atoms with Crippen LogP contribution in [0.25, 0.3) is 0 Å². The molecule has 0 unspecified atom stereocenters. The lowest BCUT2D eigenvalue weighted by Crippen LogP contribution is -2.34. The third-order valence-electron chi connectivity index (χ3n) is 1.81. The summed E-state index contributed by atoms with van der Waals surface area (Å²) in [6, 6.07) is 0.323. The van der Waals surface area contributed by atoms with E-state index >= 15 is 0 Å². The van der Waals surface area contributed by atoms with Crippen molar-refractivity contribution in [3.63, 3.8) is 0 Å². The maximum atomic E-state index is 8.86. The third kappa shape index (κ3) is 2.66. The lowest BCUT2D eigenvalue weighted by molar-refractivity contribution is 0.298. The van der Waals surface area contributed by atoms with Crippen molar-refractivity contribution in [2.24, 2.45) is 0 Å². The van der Waals surface area contributed by atoms with E-state index < -0.39 is 0 Å². The molecule has 1 aromatic rings. The molecule has 0 aromatic carbocycles. The van der Waals surface area contributed by atoms with Gasteiger partial charge in [-0.1, -0.05) is 0 Å². The fraction of sp³-hybridized carbons (Fsp3) is 0.556. The Kier molecular flexibility index (Phi) is 3.64. The Hall–Kier alpha value is -1.16. The number of rotatable bonds is 4. The molecule has 1 aromatic heterocycles. The molecule has 1 N–H and O–H groups in total. The Bertz CT molecular complexity index is 238. The monoisotopic (exact) mass is 181 g/mol. The van der Waals surface area contributed by atoms with Gasteiger partial charge in [-0.05, 0) is 13.8 Å². The van der Waals surface area contributed by atoms with Crippen molar-refractivity contribution in [2.75, 3.05) is 18.1 Å². The van der Waals surface area contributed by atoms with E-state index in [1.165, 1.54) is 0 Å². The molecule has 13 heavy (non-hydrogen) atoms. The number of aliphatic hydroxyl groups is 1. The first-order valence-corrected chi connectivity index (χ1v) is 4.39. The van der Waals surface area contributed by atoms with Gasteiger partial charge in [-0.15, -0.1) is 0 Å². The van der Waals surface area contributed by atoms with Crippen LogP contribution in [-0.4, -0.2) is 34.3 Å². The van der Waals surface area contributed by atoms with E-state index in [4.69, 9.17) is 5.11 Å². The van der Waals surface area contributed by atoms with Crippen molar-refractivity contribution < 1.29 is 5.11 Å². The molecule has 0 bridgehead atoms. The number of anilines is 1. The van der Waals surface area contributed by atoms with Crippen LogP contribution in [0.5, 0.6) is 0 Å². The summed E-state index contributed by atoms with van der Waals surface area (Å²) in [5, 5.41) is 8.86. The maximum Gasteiger partial charge on any atom is 0.147 e. The van der Waals surface area contributed by atoms with Crippen LogP contribution in [0.1, 0.15) is 13.8 Å². The molecule has 0 amide bonds. The van der Waals surface area contributed by atoms with Crippen LogP contribution in [0, 0.1) is 0 Å². The number of hydrogen-bond acceptors (Lipinski definition) is 4. The normalized spacial score (nSPS) is 10.5. The van der Waals surface area contributed by atoms with Crippen molar-refractivity contribution in [3.05, 3.63) is 18.6 Å². The molecule has 0 spiro atoms. The van der Waals surface area contributed by atoms with Crippen LogP contribution in [0.3, 0.4) is 0 Å². The van der Waals surface area contributed by atoms with Crippen LogP contribution in [0.4, 0.5) is 5.82 Å². The molecule has 1 heterocycles. The van der Waals surface area contributed by atoms with E-state index in [0.29, 0.717) is 12.6 Å². The molecule has 0 aliphatic rings. The number of aromatic nitrogens is 2. The van der Waals surface area contributed by atoms with Gasteiger partial charge in [0.1, 0.15) is 5.82 Å². The van der Waals surface area contributed by atoms with Crippen LogP contribution < -0.4 is 4.90 Å². The molecule has 0 radical (unpaired) electrons. The minimum atomic E-state index is 0.134. The number of nitrogens with zero attached hydrogens (tertiary/aromatic N) is 3. The highest BCUT2D eigenvalue weighted by atomic mass is 16.3. The van der Waals surface area contributed by atoms with Gasteiger partial charge in [0.2, 0.25) is 0 Å². The summed E-state index contributed by atoms with van der Waals surface area (Å²) in [7, 11) is 0. The molecular weight excluding hydrogens is 166 g/mol. The van der Waals surface area contributed by atoms with Crippen LogP contribution in [0.15, 0.2) is 18.6 Å². The van der Waals surface area contributed by atoms with E-state index in [1.54, 1.807) is 18.6 Å². The van der Waals surface area contributed by atoms with E-state index in [2.05, 4.69) is 23.8 Å². The van der Waals surface area contributed by atoms with Crippen LogP contribution in [-0.2, 0) is 0 Å². The standard InChI is InChI=1S/C9H15N3O/c1-8(2)12(5-6-13)9-7-10-3-4-11-9/h3-4,7-8,13H,5-6H2,1-2H3. The van der Waals surface area contributed by atoms with Crippen molar-refractivity contribution in [1.82, 2.24) is 9.97 Å². The highest BCUT2D eigenvalue weighted by Crippen LogP contribution is 2.10. The molecule has 0 saturated carbocycles. The van der Waals surface area contributed by atoms with Gasteiger partial charge in [0.05, 0.1) is 12.8 Å². The zero-order valence-electron chi connectivity index (χ0n) is 8.01. The Balaban J connectivity index is 2.76. The zero-order valence-corrected chi connectivity index (χ0v) is 8.01. The van der Waals surface area contributed by atoms with Gasteiger partial charge in [0.15, 0.2) is 0 Å². The van der Waals surface area contributed by atoms with Gasteiger partial charge < -0.3 is 10.0 Å². The minimum Gasteiger partial charge on any atom is -0.395 e. The van der Waals surface area contributed by atoms with Crippen molar-refractivity contribution >= 4 is 5.82 Å². The number of hydrogen-bond donors (Lipinski definition) is 1. The molecule has 0 aliphatic carbocycles. The Morgan fingerprint density at radius 1 is 1.46 bits per heavy atom. The highest BCUT2D eigenvalue weighted by Gasteiger charge is 2.10. The third-order valence-corrected chi connectivity index (χ3v) is 1.81. The molecular formula is C9H15N3O. The summed E-state index contributed by atoms with van der Waals surface area (Å²) >= 11 is 0. The van der Waals surface area contributed by atoms with Gasteiger partial charge in [-0.2, -0.15) is 0 Å². The van der Waals surface area contributed by atoms with Gasteiger partial charge >= 0.3 is 0 Å². The molecule has 0 fully saturated rings. The quantitative estimate of drug-likeness (QED) is 0.742. The Morgan fingerprint density at radius 2 is 2.23 bits per heavy atom. The summed E-state index contributed by atoms with van der Waals surface area (Å²) in [6.45, 7) is 4.85. The predicted octanol–water partition coefficient (Wildman–Crippen LogP) is 0.684. The van der Waals surface area contributed by atoms with E-state index in [-0.39, 0.29) is 6.61 Å².